The van der Waals surface area contributed by atoms with Crippen molar-refractivity contribution in [1.82, 2.24) is 4.90 Å². The summed E-state index contributed by atoms with van der Waals surface area (Å²) in [5, 5.41) is 2.20. The van der Waals surface area contributed by atoms with E-state index in [4.69, 9.17) is 5.73 Å². The van der Waals surface area contributed by atoms with Crippen molar-refractivity contribution in [3.8, 4) is 0 Å². The average molecular weight is 351 g/mol. The molecule has 0 fully saturated rings. The Labute approximate surface area is 132 Å². The van der Waals surface area contributed by atoms with Crippen LogP contribution in [0.4, 0.5) is 0 Å². The summed E-state index contributed by atoms with van der Waals surface area (Å²) < 4.78 is 1.15. The van der Waals surface area contributed by atoms with Crippen molar-refractivity contribution >= 4 is 27.3 Å². The Balaban J connectivity index is 1.91. The van der Waals surface area contributed by atoms with Gasteiger partial charge >= 0.3 is 0 Å². The average Bonchev–Trinajstić information content (AvgIpc) is 2.88. The van der Waals surface area contributed by atoms with Crippen LogP contribution >= 0.6 is 27.3 Å². The fourth-order valence-corrected chi connectivity index (χ4v) is 4.44. The highest BCUT2D eigenvalue weighted by atomic mass is 79.9. The third-order valence-electron chi connectivity index (χ3n) is 3.95. The summed E-state index contributed by atoms with van der Waals surface area (Å²) in [6, 6.07) is 11.1. The molecule has 0 spiro atoms. The standard InChI is InChI=1S/C16H19BrN2S/c1-11(18)16(13-4-2-3-5-14(13)17)19-8-6-15-12(10-19)7-9-20-15/h2-5,7,9,11,16H,6,8,10,18H2,1H3. The monoisotopic (exact) mass is 350 g/mol. The lowest BCUT2D eigenvalue weighted by Gasteiger charge is -2.37. The van der Waals surface area contributed by atoms with E-state index >= 15 is 0 Å². The molecular weight excluding hydrogens is 332 g/mol. The topological polar surface area (TPSA) is 29.3 Å². The number of fused-ring (bicyclic) bond motifs is 1. The quantitative estimate of drug-likeness (QED) is 0.907. The van der Waals surface area contributed by atoms with Crippen molar-refractivity contribution in [2.45, 2.75) is 32.0 Å². The van der Waals surface area contributed by atoms with Gasteiger partial charge < -0.3 is 5.73 Å². The second kappa shape index (κ2) is 5.98. The Morgan fingerprint density at radius 1 is 1.30 bits per heavy atom. The molecular formula is C16H19BrN2S. The molecule has 2 heterocycles. The van der Waals surface area contributed by atoms with Crippen LogP contribution in [0, 0.1) is 0 Å². The number of nitrogens with two attached hydrogens (primary N) is 1. The van der Waals surface area contributed by atoms with E-state index in [2.05, 4.69) is 63.5 Å². The van der Waals surface area contributed by atoms with E-state index in [0.717, 1.165) is 24.0 Å². The van der Waals surface area contributed by atoms with Crippen molar-refractivity contribution in [3.63, 3.8) is 0 Å². The van der Waals surface area contributed by atoms with Gasteiger partial charge in [-0.05, 0) is 42.0 Å². The first-order chi connectivity index (χ1) is 9.66. The van der Waals surface area contributed by atoms with Crippen LogP contribution in [-0.4, -0.2) is 17.5 Å². The lowest BCUT2D eigenvalue weighted by molar-refractivity contribution is 0.160. The number of halogens is 1. The van der Waals surface area contributed by atoms with Crippen LogP contribution < -0.4 is 5.73 Å². The molecule has 2 nitrogen and oxygen atoms in total. The lowest BCUT2D eigenvalue weighted by Crippen LogP contribution is -2.42. The van der Waals surface area contributed by atoms with Gasteiger partial charge in [0, 0.05) is 28.5 Å². The molecule has 1 aromatic carbocycles. The molecule has 3 rings (SSSR count). The van der Waals surface area contributed by atoms with Crippen molar-refractivity contribution in [3.05, 3.63) is 56.2 Å². The molecule has 0 saturated carbocycles. The van der Waals surface area contributed by atoms with E-state index in [9.17, 15) is 0 Å². The lowest BCUT2D eigenvalue weighted by atomic mass is 9.96. The SMILES string of the molecule is CC(N)C(c1ccccc1Br)N1CCc2sccc2C1. The Kier molecular flexibility index (Phi) is 4.26. The van der Waals surface area contributed by atoms with Crippen molar-refractivity contribution < 1.29 is 0 Å². The molecule has 2 unspecified atom stereocenters. The number of thiophene rings is 1. The van der Waals surface area contributed by atoms with Crippen LogP contribution in [0.2, 0.25) is 0 Å². The zero-order chi connectivity index (χ0) is 14.1. The summed E-state index contributed by atoms with van der Waals surface area (Å²) in [6.07, 6.45) is 1.14. The van der Waals surface area contributed by atoms with Gasteiger partial charge in [0.2, 0.25) is 0 Å². The smallest absolute Gasteiger partial charge is 0.0511 e. The molecule has 1 aromatic heterocycles. The summed E-state index contributed by atoms with van der Waals surface area (Å²) in [6.45, 7) is 4.20. The van der Waals surface area contributed by atoms with Gasteiger partial charge in [0.25, 0.3) is 0 Å². The largest absolute Gasteiger partial charge is 0.326 e. The molecule has 20 heavy (non-hydrogen) atoms. The molecule has 2 aromatic rings. The number of hydrogen-bond acceptors (Lipinski definition) is 3. The van der Waals surface area contributed by atoms with E-state index in [0.29, 0.717) is 0 Å². The molecule has 0 radical (unpaired) electrons. The first kappa shape index (κ1) is 14.3. The normalized spacial score (nSPS) is 18.6. The maximum absolute atomic E-state index is 6.30. The van der Waals surface area contributed by atoms with E-state index in [1.165, 1.54) is 16.0 Å². The molecule has 0 bridgehead atoms. The van der Waals surface area contributed by atoms with Crippen LogP contribution in [0.5, 0.6) is 0 Å². The summed E-state index contributed by atoms with van der Waals surface area (Å²) >= 11 is 5.56. The summed E-state index contributed by atoms with van der Waals surface area (Å²) in [5.74, 6) is 0. The van der Waals surface area contributed by atoms with Gasteiger partial charge in [-0.2, -0.15) is 0 Å². The molecule has 0 aliphatic carbocycles. The molecule has 0 saturated heterocycles. The molecule has 0 amide bonds. The first-order valence-corrected chi connectivity index (χ1v) is 8.63. The number of rotatable bonds is 3. The predicted molar refractivity (Wildman–Crippen MR) is 89.0 cm³/mol. The van der Waals surface area contributed by atoms with E-state index in [1.54, 1.807) is 0 Å². The zero-order valence-corrected chi connectivity index (χ0v) is 14.0. The van der Waals surface area contributed by atoms with Gasteiger partial charge in [-0.3, -0.25) is 4.90 Å². The van der Waals surface area contributed by atoms with E-state index < -0.39 is 0 Å². The molecule has 1 aliphatic rings. The Morgan fingerprint density at radius 3 is 2.85 bits per heavy atom. The van der Waals surface area contributed by atoms with Gasteiger partial charge in [0.05, 0.1) is 6.04 Å². The second-order valence-electron chi connectivity index (χ2n) is 5.41. The minimum Gasteiger partial charge on any atom is -0.326 e. The second-order valence-corrected chi connectivity index (χ2v) is 7.27. The summed E-state index contributed by atoms with van der Waals surface area (Å²) in [5.41, 5.74) is 9.07. The number of benzene rings is 1. The van der Waals surface area contributed by atoms with E-state index in [-0.39, 0.29) is 12.1 Å². The van der Waals surface area contributed by atoms with E-state index in [1.807, 2.05) is 11.3 Å². The van der Waals surface area contributed by atoms with Gasteiger partial charge in [-0.1, -0.05) is 34.1 Å². The molecule has 2 N–H and O–H groups in total. The van der Waals surface area contributed by atoms with Crippen LogP contribution in [-0.2, 0) is 13.0 Å². The zero-order valence-electron chi connectivity index (χ0n) is 11.6. The number of nitrogens with zero attached hydrogens (tertiary/aromatic N) is 1. The number of hydrogen-bond donors (Lipinski definition) is 1. The predicted octanol–water partition coefficient (Wildman–Crippen LogP) is 3.96. The molecule has 4 heteroatoms. The van der Waals surface area contributed by atoms with Crippen LogP contribution in [0.25, 0.3) is 0 Å². The molecule has 106 valence electrons. The maximum Gasteiger partial charge on any atom is 0.0511 e. The van der Waals surface area contributed by atoms with Crippen molar-refractivity contribution in [2.75, 3.05) is 6.54 Å². The van der Waals surface area contributed by atoms with Gasteiger partial charge in [-0.15, -0.1) is 11.3 Å². The highest BCUT2D eigenvalue weighted by Gasteiger charge is 2.28. The summed E-state index contributed by atoms with van der Waals surface area (Å²) in [4.78, 5) is 4.05. The van der Waals surface area contributed by atoms with Crippen LogP contribution in [0.3, 0.4) is 0 Å². The third kappa shape index (κ3) is 2.70. The highest BCUT2D eigenvalue weighted by molar-refractivity contribution is 9.10. The first-order valence-electron chi connectivity index (χ1n) is 6.96. The molecule has 1 aliphatic heterocycles. The fraction of sp³-hybridized carbons (Fsp3) is 0.375. The van der Waals surface area contributed by atoms with Crippen molar-refractivity contribution in [2.24, 2.45) is 5.73 Å². The minimum atomic E-state index is 0.105. The molecule has 2 atom stereocenters. The van der Waals surface area contributed by atoms with Crippen molar-refractivity contribution in [1.29, 1.82) is 0 Å². The Morgan fingerprint density at radius 2 is 2.10 bits per heavy atom. The van der Waals surface area contributed by atoms with Gasteiger partial charge in [0.1, 0.15) is 0 Å². The maximum atomic E-state index is 6.30. The fourth-order valence-electron chi connectivity index (χ4n) is 3.04. The van der Waals surface area contributed by atoms with Gasteiger partial charge in [0.15, 0.2) is 0 Å². The van der Waals surface area contributed by atoms with Gasteiger partial charge in [-0.25, -0.2) is 0 Å². The highest BCUT2D eigenvalue weighted by Crippen LogP contribution is 2.34. The minimum absolute atomic E-state index is 0.105. The Bertz CT molecular complexity index is 594. The van der Waals surface area contributed by atoms with Crippen LogP contribution in [0.1, 0.15) is 29.0 Å². The summed E-state index contributed by atoms with van der Waals surface area (Å²) in [7, 11) is 0. The van der Waals surface area contributed by atoms with Crippen LogP contribution in [0.15, 0.2) is 40.2 Å². The third-order valence-corrected chi connectivity index (χ3v) is 5.70. The Hall–Kier alpha value is -0.680.